The van der Waals surface area contributed by atoms with Crippen molar-refractivity contribution < 1.29 is 23.9 Å². The second-order valence-corrected chi connectivity index (χ2v) is 13.3. The third-order valence-corrected chi connectivity index (χ3v) is 9.86. The highest BCUT2D eigenvalue weighted by molar-refractivity contribution is 5.92. The number of carbonyl (C=O) groups excluding carboxylic acids is 4. The highest BCUT2D eigenvalue weighted by Crippen LogP contribution is 2.42. The van der Waals surface area contributed by atoms with E-state index in [1.807, 2.05) is 63.3 Å². The van der Waals surface area contributed by atoms with Crippen LogP contribution in [0.25, 0.3) is 17.0 Å². The van der Waals surface area contributed by atoms with E-state index in [0.717, 1.165) is 35.0 Å². The Hall–Kier alpha value is -3.79. The van der Waals surface area contributed by atoms with E-state index in [2.05, 4.69) is 23.0 Å². The maximum absolute atomic E-state index is 14.1. The number of fused-ring (bicyclic) bond motifs is 4. The van der Waals surface area contributed by atoms with Gasteiger partial charge in [-0.1, -0.05) is 51.1 Å². The maximum Gasteiger partial charge on any atom is 0.316 e. The molecule has 2 fully saturated rings. The van der Waals surface area contributed by atoms with Crippen molar-refractivity contribution >= 4 is 40.7 Å². The fourth-order valence-corrected chi connectivity index (χ4v) is 6.45. The van der Waals surface area contributed by atoms with Gasteiger partial charge in [-0.05, 0) is 82.4 Å². The number of amides is 3. The van der Waals surface area contributed by atoms with Crippen molar-refractivity contribution in [2.24, 2.45) is 17.3 Å². The summed E-state index contributed by atoms with van der Waals surface area (Å²) in [4.78, 5) is 59.3. The van der Waals surface area contributed by atoms with Crippen LogP contribution in [0.3, 0.4) is 0 Å². The molecule has 1 saturated carbocycles. The summed E-state index contributed by atoms with van der Waals surface area (Å²) >= 11 is 0. The second-order valence-electron chi connectivity index (χ2n) is 13.3. The summed E-state index contributed by atoms with van der Waals surface area (Å²) in [7, 11) is 0. The van der Waals surface area contributed by atoms with Gasteiger partial charge in [0.05, 0.1) is 22.7 Å². The summed E-state index contributed by atoms with van der Waals surface area (Å²) < 4.78 is 6.10. The van der Waals surface area contributed by atoms with Gasteiger partial charge in [0, 0.05) is 17.8 Å². The summed E-state index contributed by atoms with van der Waals surface area (Å²) in [5.74, 6) is -1.25. The number of aromatic nitrogens is 1. The Morgan fingerprint density at radius 2 is 1.69 bits per heavy atom. The molecular formula is C35H47N5O5. The molecule has 5 bridgehead atoms. The quantitative estimate of drug-likeness (QED) is 0.420. The van der Waals surface area contributed by atoms with Crippen molar-refractivity contribution in [1.82, 2.24) is 26.1 Å². The molecule has 2 aliphatic heterocycles. The number of nitrogens with one attached hydrogen (secondary N) is 3. The van der Waals surface area contributed by atoms with Crippen LogP contribution < -0.4 is 16.1 Å². The number of nitrogens with zero attached hydrogens (tertiary/aromatic N) is 2. The zero-order valence-electron chi connectivity index (χ0n) is 27.1. The molecule has 10 nitrogen and oxygen atoms in total. The molecule has 1 aliphatic carbocycles. The molecule has 10 heteroatoms. The first-order valence-electron chi connectivity index (χ1n) is 16.5. The summed E-state index contributed by atoms with van der Waals surface area (Å²) in [6, 6.07) is 8.03. The van der Waals surface area contributed by atoms with Crippen LogP contribution in [0.15, 0.2) is 36.4 Å². The van der Waals surface area contributed by atoms with E-state index in [4.69, 9.17) is 9.72 Å². The molecule has 3 aliphatic rings. The molecule has 1 saturated heterocycles. The van der Waals surface area contributed by atoms with Gasteiger partial charge < -0.3 is 15.4 Å². The second kappa shape index (κ2) is 13.7. The van der Waals surface area contributed by atoms with Gasteiger partial charge in [-0.25, -0.2) is 5.43 Å². The van der Waals surface area contributed by atoms with Crippen LogP contribution in [0.5, 0.6) is 0 Å². The fourth-order valence-electron chi connectivity index (χ4n) is 6.45. The minimum Gasteiger partial charge on any atom is -0.451 e. The smallest absolute Gasteiger partial charge is 0.316 e. The summed E-state index contributed by atoms with van der Waals surface area (Å²) in [5, 5.41) is 8.23. The van der Waals surface area contributed by atoms with Gasteiger partial charge in [0.2, 0.25) is 5.91 Å². The third-order valence-electron chi connectivity index (χ3n) is 9.86. The Bertz CT molecular complexity index is 1470. The number of ether oxygens (including phenoxy) is 1. The van der Waals surface area contributed by atoms with Gasteiger partial charge in [0.15, 0.2) is 6.10 Å². The van der Waals surface area contributed by atoms with E-state index < -0.39 is 35.5 Å². The number of carbonyl (C=O) groups is 4. The summed E-state index contributed by atoms with van der Waals surface area (Å²) in [6.07, 6.45) is 7.68. The lowest BCUT2D eigenvalue weighted by Gasteiger charge is -2.37. The van der Waals surface area contributed by atoms with Crippen LogP contribution in [-0.2, 0) is 23.9 Å². The Morgan fingerprint density at radius 1 is 0.978 bits per heavy atom. The SMILES string of the molecule is CC[C@H](C)[C@@H]1OC(=O)C2(/C=C/c3ccc4ccc(nc4c3)[C@@H](C)NC(=O)[C@@H]3CCCN(N3)C(=O)[C@H](C)NC1=O)CCC(C)CC2. The van der Waals surface area contributed by atoms with Crippen LogP contribution in [0.2, 0.25) is 0 Å². The lowest BCUT2D eigenvalue weighted by molar-refractivity contribution is -0.168. The number of benzene rings is 1. The molecule has 2 aromatic rings. The van der Waals surface area contributed by atoms with Crippen LogP contribution in [0, 0.1) is 17.3 Å². The molecule has 0 unspecified atom stereocenters. The molecule has 3 heterocycles. The summed E-state index contributed by atoms with van der Waals surface area (Å²) in [6.45, 7) is 9.93. The molecule has 5 atom stereocenters. The van der Waals surface area contributed by atoms with E-state index in [1.165, 1.54) is 5.01 Å². The van der Waals surface area contributed by atoms with Gasteiger partial charge >= 0.3 is 5.97 Å². The lowest BCUT2D eigenvalue weighted by atomic mass is 9.70. The Kier molecular flexibility index (Phi) is 9.91. The Balaban J connectivity index is 1.54. The van der Waals surface area contributed by atoms with Crippen LogP contribution in [0.4, 0.5) is 0 Å². The Labute approximate surface area is 265 Å². The molecule has 1 aromatic heterocycles. The number of hydrogen-bond acceptors (Lipinski definition) is 7. The number of hydrazine groups is 1. The fraction of sp³-hybridized carbons (Fsp3) is 0.571. The normalized spacial score (nSPS) is 31.7. The van der Waals surface area contributed by atoms with Crippen LogP contribution >= 0.6 is 0 Å². The molecule has 0 radical (unpaired) electrons. The molecule has 242 valence electrons. The van der Waals surface area contributed by atoms with Crippen molar-refractivity contribution in [2.75, 3.05) is 6.54 Å². The highest BCUT2D eigenvalue weighted by Gasteiger charge is 2.43. The standard InChI is InChI=1S/C35H47N5O5/c1-6-22(3)30-32(42)37-24(5)33(43)40-19-7-8-28(39-40)31(41)36-23(4)27-12-11-26-10-9-25(20-29(26)38-27)15-18-35(34(44)45-30)16-13-21(2)14-17-35/h9-12,15,18,20-24,28,30,39H,6-8,13-14,16-17,19H2,1-5H3,(H,36,41)(H,37,42)/b18-15+/t21?,22-,23+,24-,28-,30-,35?/m0/s1. The van der Waals surface area contributed by atoms with Gasteiger partial charge in [0.25, 0.3) is 11.8 Å². The van der Waals surface area contributed by atoms with E-state index in [1.54, 1.807) is 6.92 Å². The molecular weight excluding hydrogens is 570 g/mol. The molecule has 3 N–H and O–H groups in total. The first-order valence-corrected chi connectivity index (χ1v) is 16.5. The van der Waals surface area contributed by atoms with Gasteiger partial charge in [-0.2, -0.15) is 0 Å². The van der Waals surface area contributed by atoms with Crippen molar-refractivity contribution in [1.29, 1.82) is 0 Å². The first kappa shape index (κ1) is 32.6. The third kappa shape index (κ3) is 7.21. The minimum absolute atomic E-state index is 0.225. The molecule has 5 rings (SSSR count). The average Bonchev–Trinajstić information content (AvgIpc) is 3.05. The molecule has 1 spiro atoms. The van der Waals surface area contributed by atoms with Crippen molar-refractivity contribution in [3.8, 4) is 0 Å². The zero-order chi connectivity index (χ0) is 32.3. The number of esters is 1. The lowest BCUT2D eigenvalue weighted by Crippen LogP contribution is -2.61. The maximum atomic E-state index is 14.1. The highest BCUT2D eigenvalue weighted by atomic mass is 16.5. The van der Waals surface area contributed by atoms with Gasteiger partial charge in [-0.15, -0.1) is 0 Å². The predicted octanol–water partition coefficient (Wildman–Crippen LogP) is 4.59. The number of pyridine rings is 1. The largest absolute Gasteiger partial charge is 0.451 e. The first-order chi connectivity index (χ1) is 21.5. The van der Waals surface area contributed by atoms with Crippen molar-refractivity contribution in [3.05, 3.63) is 47.7 Å². The molecule has 3 amide bonds. The number of cyclic esters (lactones) is 1. The zero-order valence-corrected chi connectivity index (χ0v) is 27.1. The predicted molar refractivity (Wildman–Crippen MR) is 172 cm³/mol. The van der Waals surface area contributed by atoms with Crippen LogP contribution in [-0.4, -0.2) is 58.4 Å². The number of rotatable bonds is 2. The Morgan fingerprint density at radius 3 is 2.42 bits per heavy atom. The topological polar surface area (TPSA) is 130 Å². The van der Waals surface area contributed by atoms with Crippen molar-refractivity contribution in [2.45, 2.75) is 104 Å². The summed E-state index contributed by atoms with van der Waals surface area (Å²) in [5.41, 5.74) is 4.60. The van der Waals surface area contributed by atoms with Gasteiger partial charge in [-0.3, -0.25) is 29.2 Å². The van der Waals surface area contributed by atoms with E-state index >= 15 is 0 Å². The average molecular weight is 618 g/mol. The molecule has 1 aromatic carbocycles. The van der Waals surface area contributed by atoms with Gasteiger partial charge in [0.1, 0.15) is 12.1 Å². The minimum atomic E-state index is -1.05. The van der Waals surface area contributed by atoms with Crippen LogP contribution in [0.1, 0.15) is 96.9 Å². The monoisotopic (exact) mass is 617 g/mol. The van der Waals surface area contributed by atoms with E-state index in [-0.39, 0.29) is 23.8 Å². The van der Waals surface area contributed by atoms with E-state index in [9.17, 15) is 19.2 Å². The van der Waals surface area contributed by atoms with Crippen molar-refractivity contribution in [3.63, 3.8) is 0 Å². The number of hydrogen-bond donors (Lipinski definition) is 3. The molecule has 45 heavy (non-hydrogen) atoms. The van der Waals surface area contributed by atoms with E-state index in [0.29, 0.717) is 44.6 Å².